The van der Waals surface area contributed by atoms with E-state index >= 15 is 8.42 Å². The molecule has 3 heterocycles. The topological polar surface area (TPSA) is 87.0 Å². The fraction of sp³-hybridized carbons (Fsp3) is 0.0968. The smallest absolute Gasteiger partial charge is 0.258 e. The van der Waals surface area contributed by atoms with Gasteiger partial charge in [-0.2, -0.15) is 26.3 Å². The Morgan fingerprint density at radius 1 is 0.909 bits per heavy atom. The van der Waals surface area contributed by atoms with Crippen molar-refractivity contribution in [2.24, 2.45) is 0 Å². The van der Waals surface area contributed by atoms with Crippen LogP contribution in [0.5, 0.6) is 0 Å². The van der Waals surface area contributed by atoms with Crippen LogP contribution in [-0.2, 0) is 16.2 Å². The molecule has 0 N–H and O–H groups in total. The number of halogens is 3. The van der Waals surface area contributed by atoms with Crippen LogP contribution in [0.1, 0.15) is 12.0 Å². The molecule has 0 radical (unpaired) electrons. The third-order valence-electron chi connectivity index (χ3n) is 7.94. The lowest BCUT2D eigenvalue weighted by Gasteiger charge is -2.50. The number of benzene rings is 3. The van der Waals surface area contributed by atoms with E-state index in [-0.39, 0.29) is 17.1 Å². The molecule has 0 spiro atoms. The number of alkyl halides is 3. The van der Waals surface area contributed by atoms with Crippen molar-refractivity contribution >= 4 is 46.2 Å². The zero-order chi connectivity index (χ0) is 30.9. The summed E-state index contributed by atoms with van der Waals surface area (Å²) in [6, 6.07) is 14.7. The highest BCUT2D eigenvalue weighted by Crippen LogP contribution is 2.73. The standard InChI is InChI=1S/C31H23F3N4O4PS/c32-31(33,34)24-11-15-26(16-12-24)43(35-19-2-1-3-20-35)36-21-5-7-23-10-9-22-6-4-8-28(29(22)30(23)36)38(43)44(41,42)27-17-13-25(14-18-27)37(39)40/h1-9,11-19,21H,10,20H2/q+1. The molecule has 1 atom stereocenters. The molecule has 44 heavy (non-hydrogen) atoms. The molecule has 3 aromatic rings. The Bertz CT molecular complexity index is 2080. The van der Waals surface area contributed by atoms with Crippen LogP contribution in [0, 0.1) is 10.1 Å². The first-order valence-electron chi connectivity index (χ1n) is 13.5. The van der Waals surface area contributed by atoms with Crippen molar-refractivity contribution in [2.75, 3.05) is 10.6 Å². The Morgan fingerprint density at radius 3 is 2.32 bits per heavy atom. The van der Waals surface area contributed by atoms with E-state index in [9.17, 15) is 23.3 Å². The number of allylic oxidation sites excluding steroid dienone is 4. The number of non-ortho nitro benzene ring substituents is 1. The van der Waals surface area contributed by atoms with E-state index < -0.39 is 34.4 Å². The maximum atomic E-state index is 15.0. The van der Waals surface area contributed by atoms with Crippen LogP contribution >= 0.6 is 7.71 Å². The monoisotopic (exact) mass is 635 g/mol. The normalized spacial score (nSPS) is 20.3. The molecule has 0 bridgehead atoms. The van der Waals surface area contributed by atoms with Crippen molar-refractivity contribution in [1.29, 1.82) is 0 Å². The minimum Gasteiger partial charge on any atom is -0.258 e. The molecule has 4 aliphatic rings. The van der Waals surface area contributed by atoms with E-state index in [1.807, 2.05) is 45.8 Å². The highest BCUT2D eigenvalue weighted by atomic mass is 32.2. The molecule has 1 aliphatic carbocycles. The summed E-state index contributed by atoms with van der Waals surface area (Å²) in [5.74, 6) is 0. The van der Waals surface area contributed by atoms with Gasteiger partial charge in [0, 0.05) is 29.8 Å². The van der Waals surface area contributed by atoms with E-state index in [1.54, 1.807) is 30.6 Å². The Kier molecular flexibility index (Phi) is 6.35. The molecular formula is C31H23F3N4O4PS+. The molecule has 222 valence electrons. The van der Waals surface area contributed by atoms with Crippen molar-refractivity contribution in [3.8, 4) is 0 Å². The Labute approximate surface area is 251 Å². The maximum Gasteiger partial charge on any atom is 0.416 e. The third-order valence-corrected chi connectivity index (χ3v) is 14.4. The van der Waals surface area contributed by atoms with Crippen molar-refractivity contribution < 1.29 is 26.5 Å². The first-order valence-corrected chi connectivity index (χ1v) is 16.6. The minimum atomic E-state index is -4.59. The number of nitro benzene ring substituents is 1. The first kappa shape index (κ1) is 28.1. The molecule has 0 saturated carbocycles. The Hall–Kier alpha value is -4.67. The van der Waals surface area contributed by atoms with Gasteiger partial charge >= 0.3 is 13.9 Å². The SMILES string of the molecule is O=[N+]([O-])c1ccc(S(=O)(=O)N2c3cccc4c3=C3C(=CC=CN3[P+]2(c2ccc(C(F)(F)F)cc2)N2C=CC=CC2)CC=4)cc1. The van der Waals surface area contributed by atoms with E-state index in [0.717, 1.165) is 40.8 Å². The second kappa shape index (κ2) is 9.93. The molecule has 8 nitrogen and oxygen atoms in total. The fourth-order valence-electron chi connectivity index (χ4n) is 6.06. The fourth-order valence-corrected chi connectivity index (χ4v) is 13.2. The summed E-state index contributed by atoms with van der Waals surface area (Å²) in [4.78, 5) is 10.6. The van der Waals surface area contributed by atoms with Crippen LogP contribution in [0.4, 0.5) is 24.5 Å². The van der Waals surface area contributed by atoms with Crippen molar-refractivity contribution in [3.05, 3.63) is 141 Å². The van der Waals surface area contributed by atoms with Gasteiger partial charge in [-0.05, 0) is 71.8 Å². The number of hydrogen-bond donors (Lipinski definition) is 0. The summed E-state index contributed by atoms with van der Waals surface area (Å²) in [5.41, 5.74) is 0.999. The molecule has 7 rings (SSSR count). The number of sulfonamides is 1. The lowest BCUT2D eigenvalue weighted by atomic mass is 9.96. The van der Waals surface area contributed by atoms with Gasteiger partial charge in [-0.25, -0.2) is 4.67 Å². The van der Waals surface area contributed by atoms with Crippen LogP contribution < -0.4 is 19.8 Å². The minimum absolute atomic E-state index is 0.187. The summed E-state index contributed by atoms with van der Waals surface area (Å²) in [5, 5.41) is 13.3. The van der Waals surface area contributed by atoms with E-state index in [2.05, 4.69) is 0 Å². The second-order valence-corrected chi connectivity index (χ2v) is 15.4. The highest BCUT2D eigenvalue weighted by Gasteiger charge is 2.66. The summed E-state index contributed by atoms with van der Waals surface area (Å²) < 4.78 is 76.4. The van der Waals surface area contributed by atoms with Crippen LogP contribution in [0.3, 0.4) is 0 Å². The van der Waals surface area contributed by atoms with Gasteiger partial charge in [-0.15, -0.1) is 0 Å². The van der Waals surface area contributed by atoms with Gasteiger partial charge in [0.05, 0.1) is 27.6 Å². The van der Waals surface area contributed by atoms with Crippen LogP contribution in [0.15, 0.2) is 120 Å². The quantitative estimate of drug-likeness (QED) is 0.214. The van der Waals surface area contributed by atoms with Gasteiger partial charge in [-0.1, -0.05) is 40.5 Å². The average Bonchev–Trinajstić information content (AvgIpc) is 3.03. The summed E-state index contributed by atoms with van der Waals surface area (Å²) in [6.07, 6.45) is 10.8. The predicted molar refractivity (Wildman–Crippen MR) is 163 cm³/mol. The number of rotatable bonds is 5. The third kappa shape index (κ3) is 4.05. The van der Waals surface area contributed by atoms with Crippen LogP contribution in [0.2, 0.25) is 0 Å². The van der Waals surface area contributed by atoms with Gasteiger partial charge in [0.2, 0.25) is 0 Å². The summed E-state index contributed by atoms with van der Waals surface area (Å²) in [6.45, 7) is 0.273. The largest absolute Gasteiger partial charge is 0.416 e. The zero-order valence-electron chi connectivity index (χ0n) is 22.8. The molecule has 0 aromatic heterocycles. The van der Waals surface area contributed by atoms with Gasteiger partial charge in [0.1, 0.15) is 5.69 Å². The van der Waals surface area contributed by atoms with Crippen LogP contribution in [-0.4, -0.2) is 29.2 Å². The molecule has 13 heteroatoms. The number of hydrogen-bond acceptors (Lipinski definition) is 6. The molecule has 1 unspecified atom stereocenters. The van der Waals surface area contributed by atoms with Crippen LogP contribution in [0.25, 0.3) is 11.8 Å². The highest BCUT2D eigenvalue weighted by molar-refractivity contribution is 8.04. The zero-order valence-corrected chi connectivity index (χ0v) is 24.5. The summed E-state index contributed by atoms with van der Waals surface area (Å²) >= 11 is 0. The molecule has 3 aliphatic heterocycles. The van der Waals surface area contributed by atoms with Gasteiger partial charge in [0.25, 0.3) is 15.7 Å². The van der Waals surface area contributed by atoms with Crippen molar-refractivity contribution in [3.63, 3.8) is 0 Å². The average molecular weight is 636 g/mol. The second-order valence-electron chi connectivity index (χ2n) is 10.4. The molecule has 0 fully saturated rings. The van der Waals surface area contributed by atoms with Crippen molar-refractivity contribution in [2.45, 2.75) is 17.5 Å². The van der Waals surface area contributed by atoms with E-state index in [4.69, 9.17) is 0 Å². The number of anilines is 1. The lowest BCUT2D eigenvalue weighted by Crippen LogP contribution is -2.56. The number of nitrogens with zero attached hydrogens (tertiary/aromatic N) is 4. The lowest BCUT2D eigenvalue weighted by molar-refractivity contribution is -0.384. The molecule has 3 aromatic carbocycles. The van der Waals surface area contributed by atoms with Gasteiger partial charge in [0.15, 0.2) is 5.30 Å². The molecular weight excluding hydrogens is 612 g/mol. The van der Waals surface area contributed by atoms with E-state index in [0.29, 0.717) is 22.6 Å². The Morgan fingerprint density at radius 2 is 1.66 bits per heavy atom. The molecule has 0 amide bonds. The predicted octanol–water partition coefficient (Wildman–Crippen LogP) is 5.34. The Balaban J connectivity index is 1.61. The number of nitro groups is 1. The van der Waals surface area contributed by atoms with Crippen molar-refractivity contribution in [1.82, 2.24) is 9.34 Å². The maximum absolute atomic E-state index is 15.0. The van der Waals surface area contributed by atoms with Gasteiger partial charge in [-0.3, -0.25) is 10.1 Å². The molecule has 0 saturated heterocycles. The van der Waals surface area contributed by atoms with Gasteiger partial charge < -0.3 is 0 Å². The van der Waals surface area contributed by atoms with E-state index in [1.165, 1.54) is 28.3 Å². The first-order chi connectivity index (χ1) is 21.0. The summed E-state index contributed by atoms with van der Waals surface area (Å²) in [7, 11) is -8.12.